The smallest absolute Gasteiger partial charge is 0.240 e. The predicted molar refractivity (Wildman–Crippen MR) is 83.0 cm³/mol. The highest BCUT2D eigenvalue weighted by Crippen LogP contribution is 2.29. The van der Waals surface area contributed by atoms with Gasteiger partial charge in [-0.05, 0) is 42.3 Å². The summed E-state index contributed by atoms with van der Waals surface area (Å²) in [5, 5.41) is 11.8. The van der Waals surface area contributed by atoms with Crippen LogP contribution in [0.15, 0.2) is 47.4 Å². The first-order chi connectivity index (χ1) is 10.1. The Kier molecular flexibility index (Phi) is 3.67. The Labute approximate surface area is 124 Å². The van der Waals surface area contributed by atoms with Crippen molar-refractivity contribution in [1.29, 1.82) is 0 Å². The highest BCUT2D eigenvalue weighted by atomic mass is 32.2. The topological polar surface area (TPSA) is 84.2 Å². The Morgan fingerprint density at radius 1 is 1.05 bits per heavy atom. The Morgan fingerprint density at radius 2 is 1.81 bits per heavy atom. The number of sulfonamides is 1. The van der Waals surface area contributed by atoms with Gasteiger partial charge in [0.1, 0.15) is 4.90 Å². The van der Waals surface area contributed by atoms with E-state index in [0.717, 1.165) is 25.2 Å². The molecular weight excluding hydrogens is 286 g/mol. The van der Waals surface area contributed by atoms with Crippen molar-refractivity contribution >= 4 is 21.4 Å². The summed E-state index contributed by atoms with van der Waals surface area (Å²) in [4.78, 5) is 0.108. The minimum Gasteiger partial charge on any atom is -0.354 e. The molecular formula is C15H17N3O2S. The minimum atomic E-state index is -3.75. The monoisotopic (exact) mass is 303 g/mol. The summed E-state index contributed by atoms with van der Waals surface area (Å²) < 4.78 is 23.3. The van der Waals surface area contributed by atoms with Crippen LogP contribution in [0.1, 0.15) is 11.1 Å². The van der Waals surface area contributed by atoms with E-state index in [1.165, 1.54) is 17.2 Å². The van der Waals surface area contributed by atoms with E-state index in [0.29, 0.717) is 5.69 Å². The molecule has 1 aliphatic rings. The van der Waals surface area contributed by atoms with Crippen LogP contribution in [0.2, 0.25) is 0 Å². The van der Waals surface area contributed by atoms with Crippen LogP contribution >= 0.6 is 0 Å². The average molecular weight is 303 g/mol. The fourth-order valence-corrected chi connectivity index (χ4v) is 3.31. The minimum absolute atomic E-state index is 0.108. The molecule has 0 saturated carbocycles. The van der Waals surface area contributed by atoms with E-state index in [9.17, 15) is 8.42 Å². The zero-order valence-electron chi connectivity index (χ0n) is 11.5. The normalized spacial score (nSPS) is 14.5. The van der Waals surface area contributed by atoms with Crippen LogP contribution in [-0.4, -0.2) is 15.0 Å². The Hall–Kier alpha value is -1.89. The molecule has 0 saturated heterocycles. The molecule has 0 spiro atoms. The standard InChI is InChI=1S/C15H17N3O2S/c16-21(19,20)15-7-2-1-5-14(15)18-13-6-3-4-11-10-17-9-8-12(11)13/h1-7,17-18H,8-10H2,(H2,16,19,20). The zero-order valence-corrected chi connectivity index (χ0v) is 12.3. The number of benzene rings is 2. The fourth-order valence-electron chi connectivity index (χ4n) is 2.61. The summed E-state index contributed by atoms with van der Waals surface area (Å²) >= 11 is 0. The molecule has 0 radical (unpaired) electrons. The van der Waals surface area contributed by atoms with Gasteiger partial charge in [-0.25, -0.2) is 13.6 Å². The van der Waals surface area contributed by atoms with Crippen molar-refractivity contribution in [2.75, 3.05) is 11.9 Å². The number of fused-ring (bicyclic) bond motifs is 1. The molecule has 2 aromatic rings. The van der Waals surface area contributed by atoms with Crippen LogP contribution < -0.4 is 15.8 Å². The molecule has 6 heteroatoms. The van der Waals surface area contributed by atoms with E-state index >= 15 is 0 Å². The Bertz CT molecular complexity index is 772. The van der Waals surface area contributed by atoms with Crippen molar-refractivity contribution in [2.24, 2.45) is 5.14 Å². The van der Waals surface area contributed by atoms with Crippen LogP contribution in [0.4, 0.5) is 11.4 Å². The van der Waals surface area contributed by atoms with Crippen LogP contribution in [-0.2, 0) is 23.0 Å². The molecule has 0 aromatic heterocycles. The van der Waals surface area contributed by atoms with Gasteiger partial charge >= 0.3 is 0 Å². The number of para-hydroxylation sites is 1. The van der Waals surface area contributed by atoms with Gasteiger partial charge in [-0.2, -0.15) is 0 Å². The number of hydrogen-bond donors (Lipinski definition) is 3. The van der Waals surface area contributed by atoms with E-state index in [1.807, 2.05) is 12.1 Å². The van der Waals surface area contributed by atoms with Gasteiger partial charge < -0.3 is 10.6 Å². The molecule has 110 valence electrons. The summed E-state index contributed by atoms with van der Waals surface area (Å²) in [7, 11) is -3.75. The molecule has 0 amide bonds. The van der Waals surface area contributed by atoms with Gasteiger partial charge in [-0.15, -0.1) is 0 Å². The molecule has 21 heavy (non-hydrogen) atoms. The lowest BCUT2D eigenvalue weighted by atomic mass is 9.99. The lowest BCUT2D eigenvalue weighted by molar-refractivity contribution is 0.598. The van der Waals surface area contributed by atoms with Crippen LogP contribution in [0.3, 0.4) is 0 Å². The molecule has 2 aromatic carbocycles. The molecule has 1 aliphatic heterocycles. The number of nitrogens with two attached hydrogens (primary N) is 1. The number of anilines is 2. The molecule has 0 aliphatic carbocycles. The summed E-state index contributed by atoms with van der Waals surface area (Å²) in [6, 6.07) is 12.7. The third-order valence-electron chi connectivity index (χ3n) is 3.60. The first-order valence-electron chi connectivity index (χ1n) is 6.76. The maximum Gasteiger partial charge on any atom is 0.240 e. The average Bonchev–Trinajstić information content (AvgIpc) is 2.47. The fraction of sp³-hybridized carbons (Fsp3) is 0.200. The van der Waals surface area contributed by atoms with Crippen LogP contribution in [0.25, 0.3) is 0 Å². The molecule has 0 fully saturated rings. The second-order valence-electron chi connectivity index (χ2n) is 5.04. The molecule has 3 rings (SSSR count). The quantitative estimate of drug-likeness (QED) is 0.806. The van der Waals surface area contributed by atoms with Crippen molar-refractivity contribution in [3.05, 3.63) is 53.6 Å². The van der Waals surface area contributed by atoms with Crippen molar-refractivity contribution in [3.8, 4) is 0 Å². The maximum atomic E-state index is 11.7. The summed E-state index contributed by atoms with van der Waals surface area (Å²) in [5.74, 6) is 0. The molecule has 0 bridgehead atoms. The summed E-state index contributed by atoms with van der Waals surface area (Å²) in [5.41, 5.74) is 3.90. The molecule has 1 heterocycles. The molecule has 0 atom stereocenters. The van der Waals surface area contributed by atoms with Gasteiger partial charge in [-0.3, -0.25) is 0 Å². The second kappa shape index (κ2) is 5.48. The molecule has 0 unspecified atom stereocenters. The van der Waals surface area contributed by atoms with Gasteiger partial charge in [0.2, 0.25) is 10.0 Å². The summed E-state index contributed by atoms with van der Waals surface area (Å²) in [6.45, 7) is 1.75. The first-order valence-corrected chi connectivity index (χ1v) is 8.31. The van der Waals surface area contributed by atoms with Crippen molar-refractivity contribution < 1.29 is 8.42 Å². The first kappa shape index (κ1) is 14.1. The van der Waals surface area contributed by atoms with E-state index < -0.39 is 10.0 Å². The predicted octanol–water partition coefficient (Wildman–Crippen LogP) is 1.72. The van der Waals surface area contributed by atoms with E-state index in [-0.39, 0.29) is 4.90 Å². The van der Waals surface area contributed by atoms with E-state index in [1.54, 1.807) is 18.2 Å². The lowest BCUT2D eigenvalue weighted by Crippen LogP contribution is -2.24. The van der Waals surface area contributed by atoms with Crippen molar-refractivity contribution in [1.82, 2.24) is 5.32 Å². The number of nitrogens with one attached hydrogen (secondary N) is 2. The van der Waals surface area contributed by atoms with Gasteiger partial charge in [-0.1, -0.05) is 24.3 Å². The van der Waals surface area contributed by atoms with Crippen LogP contribution in [0, 0.1) is 0 Å². The second-order valence-corrected chi connectivity index (χ2v) is 6.57. The van der Waals surface area contributed by atoms with Gasteiger partial charge in [0.25, 0.3) is 0 Å². The van der Waals surface area contributed by atoms with E-state index in [4.69, 9.17) is 5.14 Å². The Morgan fingerprint density at radius 3 is 2.62 bits per heavy atom. The van der Waals surface area contributed by atoms with Crippen LogP contribution in [0.5, 0.6) is 0 Å². The molecule has 4 N–H and O–H groups in total. The zero-order chi connectivity index (χ0) is 14.9. The SMILES string of the molecule is NS(=O)(=O)c1ccccc1Nc1cccc2c1CCNC2. The summed E-state index contributed by atoms with van der Waals surface area (Å²) in [6.07, 6.45) is 0.913. The van der Waals surface area contributed by atoms with Gasteiger partial charge in [0.05, 0.1) is 5.69 Å². The van der Waals surface area contributed by atoms with Crippen molar-refractivity contribution in [3.63, 3.8) is 0 Å². The molecule has 5 nitrogen and oxygen atoms in total. The largest absolute Gasteiger partial charge is 0.354 e. The Balaban J connectivity index is 2.03. The van der Waals surface area contributed by atoms with Crippen molar-refractivity contribution in [2.45, 2.75) is 17.9 Å². The highest BCUT2D eigenvalue weighted by molar-refractivity contribution is 7.89. The van der Waals surface area contributed by atoms with Gasteiger partial charge in [0.15, 0.2) is 0 Å². The third-order valence-corrected chi connectivity index (χ3v) is 4.57. The number of hydrogen-bond acceptors (Lipinski definition) is 4. The lowest BCUT2D eigenvalue weighted by Gasteiger charge is -2.21. The third kappa shape index (κ3) is 2.92. The maximum absolute atomic E-state index is 11.7. The van der Waals surface area contributed by atoms with Gasteiger partial charge in [0, 0.05) is 12.2 Å². The highest BCUT2D eigenvalue weighted by Gasteiger charge is 2.16. The van der Waals surface area contributed by atoms with E-state index in [2.05, 4.69) is 16.7 Å². The number of primary sulfonamides is 1. The number of rotatable bonds is 3.